The van der Waals surface area contributed by atoms with Crippen molar-refractivity contribution >= 4 is 39.7 Å². The van der Waals surface area contributed by atoms with Gasteiger partial charge in [-0.05, 0) is 50.5 Å². The van der Waals surface area contributed by atoms with Gasteiger partial charge in [-0.1, -0.05) is 48.2 Å². The number of anilines is 3. The molecule has 1 aromatic heterocycles. The number of nitrogens with one attached hydrogen (secondary N) is 2. The molecule has 4 nitrogen and oxygen atoms in total. The average Bonchev–Trinajstić information content (AvgIpc) is 2.77. The minimum atomic E-state index is 0.889. The normalized spacial score (nSPS) is 12.4. The second-order valence-electron chi connectivity index (χ2n) is 7.74. The van der Waals surface area contributed by atoms with Crippen molar-refractivity contribution in [3.63, 3.8) is 0 Å². The lowest BCUT2D eigenvalue weighted by atomic mass is 10.1. The molecule has 0 atom stereocenters. The number of fused-ring (bicyclic) bond motifs is 3. The van der Waals surface area contributed by atoms with Crippen LogP contribution in [0.5, 0.6) is 0 Å². The predicted octanol–water partition coefficient (Wildman–Crippen LogP) is 6.08. The van der Waals surface area contributed by atoms with Crippen LogP contribution in [0, 0.1) is 0 Å². The van der Waals surface area contributed by atoms with Crippen molar-refractivity contribution in [3.05, 3.63) is 72.8 Å². The molecule has 3 aromatic carbocycles. The summed E-state index contributed by atoms with van der Waals surface area (Å²) in [4.78, 5) is 9.64. The summed E-state index contributed by atoms with van der Waals surface area (Å²) in [6.45, 7) is 1.87. The predicted molar refractivity (Wildman–Crippen MR) is 128 cm³/mol. The molecule has 0 spiro atoms. The van der Waals surface area contributed by atoms with E-state index in [1.165, 1.54) is 9.79 Å². The number of nitrogens with zero attached hydrogens (tertiary/aromatic N) is 2. The maximum Gasteiger partial charge on any atom is 0.0731 e. The molecule has 150 valence electrons. The minimum Gasteiger partial charge on any atom is -0.383 e. The number of hydrogen-bond acceptors (Lipinski definition) is 5. The molecular weight excluding hydrogens is 388 g/mol. The Morgan fingerprint density at radius 3 is 2.60 bits per heavy atom. The molecular formula is C25H24N4S. The van der Waals surface area contributed by atoms with Crippen LogP contribution in [0.1, 0.15) is 0 Å². The third-order valence-electron chi connectivity index (χ3n) is 5.24. The van der Waals surface area contributed by atoms with E-state index in [0.29, 0.717) is 0 Å². The lowest BCUT2D eigenvalue weighted by molar-refractivity contribution is 0.425. The molecule has 0 amide bonds. The van der Waals surface area contributed by atoms with Crippen LogP contribution in [0.3, 0.4) is 0 Å². The van der Waals surface area contributed by atoms with Crippen molar-refractivity contribution in [2.24, 2.45) is 0 Å². The van der Waals surface area contributed by atoms with Gasteiger partial charge in [0.1, 0.15) is 0 Å². The van der Waals surface area contributed by atoms with Crippen LogP contribution in [0.4, 0.5) is 17.1 Å². The van der Waals surface area contributed by atoms with Crippen LogP contribution in [0.2, 0.25) is 0 Å². The molecule has 0 bridgehead atoms. The Balaban J connectivity index is 1.52. The zero-order valence-electron chi connectivity index (χ0n) is 17.1. The molecule has 2 N–H and O–H groups in total. The van der Waals surface area contributed by atoms with Crippen LogP contribution in [-0.2, 0) is 0 Å². The first-order valence-electron chi connectivity index (χ1n) is 10.1. The molecule has 1 aliphatic rings. The van der Waals surface area contributed by atoms with E-state index in [9.17, 15) is 0 Å². The number of benzene rings is 3. The van der Waals surface area contributed by atoms with E-state index in [2.05, 4.69) is 96.4 Å². The van der Waals surface area contributed by atoms with Gasteiger partial charge in [0.05, 0.1) is 22.6 Å². The van der Waals surface area contributed by atoms with Crippen LogP contribution in [-0.4, -0.2) is 37.1 Å². The average molecular weight is 413 g/mol. The molecule has 0 saturated carbocycles. The van der Waals surface area contributed by atoms with Crippen LogP contribution < -0.4 is 10.6 Å². The summed E-state index contributed by atoms with van der Waals surface area (Å²) < 4.78 is 0. The lowest BCUT2D eigenvalue weighted by Gasteiger charge is -2.21. The summed E-state index contributed by atoms with van der Waals surface area (Å²) in [6.07, 6.45) is 0. The molecule has 5 heteroatoms. The van der Waals surface area contributed by atoms with Crippen molar-refractivity contribution in [3.8, 4) is 11.3 Å². The van der Waals surface area contributed by atoms with E-state index in [4.69, 9.17) is 4.98 Å². The minimum absolute atomic E-state index is 0.889. The molecule has 0 saturated heterocycles. The van der Waals surface area contributed by atoms with Gasteiger partial charge >= 0.3 is 0 Å². The Morgan fingerprint density at radius 2 is 1.70 bits per heavy atom. The smallest absolute Gasteiger partial charge is 0.0731 e. The maximum atomic E-state index is 4.96. The van der Waals surface area contributed by atoms with Gasteiger partial charge in [0.25, 0.3) is 0 Å². The van der Waals surface area contributed by atoms with E-state index in [1.807, 2.05) is 6.07 Å². The van der Waals surface area contributed by atoms with Gasteiger partial charge in [0.15, 0.2) is 0 Å². The fourth-order valence-corrected chi connectivity index (χ4v) is 4.65. The SMILES string of the molecule is CN(C)CCNc1cc(-c2ccc3c(c2)Nc2ccccc2S3)nc2ccccc12. The molecule has 4 aromatic rings. The number of likely N-dealkylation sites (N-methyl/N-ethyl adjacent to an activating group) is 1. The van der Waals surface area contributed by atoms with Crippen LogP contribution >= 0.6 is 11.8 Å². The summed E-state index contributed by atoms with van der Waals surface area (Å²) in [5.74, 6) is 0. The molecule has 2 heterocycles. The highest BCUT2D eigenvalue weighted by Crippen LogP contribution is 2.45. The zero-order valence-corrected chi connectivity index (χ0v) is 18.0. The number of hydrogen-bond donors (Lipinski definition) is 2. The van der Waals surface area contributed by atoms with E-state index < -0.39 is 0 Å². The van der Waals surface area contributed by atoms with Crippen molar-refractivity contribution in [2.45, 2.75) is 9.79 Å². The van der Waals surface area contributed by atoms with Gasteiger partial charge in [-0.25, -0.2) is 4.98 Å². The van der Waals surface area contributed by atoms with Crippen LogP contribution in [0.25, 0.3) is 22.2 Å². The summed E-state index contributed by atoms with van der Waals surface area (Å²) >= 11 is 1.81. The fraction of sp³-hybridized carbons (Fsp3) is 0.160. The summed E-state index contributed by atoms with van der Waals surface area (Å²) in [5.41, 5.74) is 6.52. The topological polar surface area (TPSA) is 40.2 Å². The molecule has 1 aliphatic heterocycles. The Hall–Kier alpha value is -3.02. The Labute approximate surface area is 181 Å². The van der Waals surface area contributed by atoms with Crippen LogP contribution in [0.15, 0.2) is 82.6 Å². The Kier molecular flexibility index (Phi) is 5.07. The molecule has 0 fully saturated rings. The molecule has 0 unspecified atom stereocenters. The number of rotatable bonds is 5. The van der Waals surface area contributed by atoms with Gasteiger partial charge < -0.3 is 15.5 Å². The quantitative estimate of drug-likeness (QED) is 0.366. The van der Waals surface area contributed by atoms with E-state index in [0.717, 1.165) is 52.3 Å². The first-order chi connectivity index (χ1) is 14.7. The fourth-order valence-electron chi connectivity index (χ4n) is 3.68. The first-order valence-corrected chi connectivity index (χ1v) is 11.0. The monoisotopic (exact) mass is 412 g/mol. The van der Waals surface area contributed by atoms with E-state index in [-0.39, 0.29) is 0 Å². The number of pyridine rings is 1. The summed E-state index contributed by atoms with van der Waals surface area (Å²) in [7, 11) is 4.18. The standard InChI is InChI=1S/C25H24N4S/c1-29(2)14-13-26-22-16-21(27-19-8-4-3-7-18(19)22)17-11-12-25-23(15-17)28-20-9-5-6-10-24(20)30-25/h3-12,15-16,28H,13-14H2,1-2H3,(H,26,27). The summed E-state index contributed by atoms with van der Waals surface area (Å²) in [6, 6.07) is 25.5. The van der Waals surface area contributed by atoms with Gasteiger partial charge in [-0.15, -0.1) is 0 Å². The highest BCUT2D eigenvalue weighted by Gasteiger charge is 2.16. The van der Waals surface area contributed by atoms with Crippen molar-refractivity contribution < 1.29 is 0 Å². The van der Waals surface area contributed by atoms with Gasteiger partial charge in [-0.3, -0.25) is 0 Å². The highest BCUT2D eigenvalue weighted by molar-refractivity contribution is 7.99. The van der Waals surface area contributed by atoms with E-state index in [1.54, 1.807) is 11.8 Å². The number of aromatic nitrogens is 1. The lowest BCUT2D eigenvalue weighted by Crippen LogP contribution is -2.20. The Bertz CT molecular complexity index is 1220. The highest BCUT2D eigenvalue weighted by atomic mass is 32.2. The summed E-state index contributed by atoms with van der Waals surface area (Å²) in [5, 5.41) is 8.34. The van der Waals surface area contributed by atoms with Crippen molar-refractivity contribution in [1.82, 2.24) is 9.88 Å². The maximum absolute atomic E-state index is 4.96. The first kappa shape index (κ1) is 19.0. The van der Waals surface area contributed by atoms with Crippen molar-refractivity contribution in [2.75, 3.05) is 37.8 Å². The van der Waals surface area contributed by atoms with Gasteiger partial charge in [0.2, 0.25) is 0 Å². The third kappa shape index (κ3) is 3.74. The van der Waals surface area contributed by atoms with E-state index >= 15 is 0 Å². The molecule has 0 radical (unpaired) electrons. The number of para-hydroxylation sites is 2. The van der Waals surface area contributed by atoms with Gasteiger partial charge in [0, 0.05) is 39.5 Å². The molecule has 5 rings (SSSR count). The second kappa shape index (κ2) is 8.01. The molecule has 0 aliphatic carbocycles. The molecule has 30 heavy (non-hydrogen) atoms. The van der Waals surface area contributed by atoms with Crippen molar-refractivity contribution in [1.29, 1.82) is 0 Å². The zero-order chi connectivity index (χ0) is 20.5. The van der Waals surface area contributed by atoms with Gasteiger partial charge in [-0.2, -0.15) is 0 Å². The third-order valence-corrected chi connectivity index (χ3v) is 6.39. The Morgan fingerprint density at radius 1 is 0.900 bits per heavy atom. The largest absolute Gasteiger partial charge is 0.383 e. The second-order valence-corrected chi connectivity index (χ2v) is 8.82.